The number of hydrogen-bond donors (Lipinski definition) is 1. The van der Waals surface area contributed by atoms with E-state index in [2.05, 4.69) is 0 Å². The first-order valence-corrected chi connectivity index (χ1v) is 5.59. The number of carboxylic acid groups (broad SMARTS) is 1. The molecule has 0 aromatic heterocycles. The lowest BCUT2D eigenvalue weighted by Crippen LogP contribution is -2.43. The molecule has 2 amide bonds. The van der Waals surface area contributed by atoms with Crippen LogP contribution in [0, 0.1) is 0 Å². The highest BCUT2D eigenvalue weighted by atomic mass is 16.4. The quantitative estimate of drug-likeness (QED) is 0.754. The summed E-state index contributed by atoms with van der Waals surface area (Å²) in [5.74, 6) is -0.823. The van der Waals surface area contributed by atoms with Crippen LogP contribution in [-0.2, 0) is 4.79 Å². The van der Waals surface area contributed by atoms with E-state index in [-0.39, 0.29) is 18.5 Å². The first-order valence-electron chi connectivity index (χ1n) is 5.59. The highest BCUT2D eigenvalue weighted by Gasteiger charge is 2.17. The van der Waals surface area contributed by atoms with Crippen LogP contribution in [0.5, 0.6) is 0 Å². The van der Waals surface area contributed by atoms with E-state index in [4.69, 9.17) is 5.11 Å². The van der Waals surface area contributed by atoms with Gasteiger partial charge in [0.1, 0.15) is 0 Å². The summed E-state index contributed by atoms with van der Waals surface area (Å²) in [4.78, 5) is 25.4. The molecule has 0 heterocycles. The maximum atomic E-state index is 11.8. The Balaban J connectivity index is 4.02. The normalized spacial score (nSPS) is 12.0. The fourth-order valence-corrected chi connectivity index (χ4v) is 1.29. The highest BCUT2D eigenvalue weighted by molar-refractivity contribution is 5.74. The van der Waals surface area contributed by atoms with Gasteiger partial charge in [-0.1, -0.05) is 6.92 Å². The van der Waals surface area contributed by atoms with Crippen LogP contribution >= 0.6 is 0 Å². The summed E-state index contributed by atoms with van der Waals surface area (Å²) < 4.78 is 0. The van der Waals surface area contributed by atoms with E-state index in [0.29, 0.717) is 13.0 Å². The minimum absolute atomic E-state index is 0.0558. The Morgan fingerprint density at radius 1 is 1.31 bits per heavy atom. The molecule has 94 valence electrons. The number of carboxylic acids is 1. The standard InChI is InChI=1S/C11H22N2O3/c1-5-9(2)13(4)11(16)12(3)8-6-7-10(14)15/h9H,5-8H2,1-4H3,(H,14,15). The largest absolute Gasteiger partial charge is 0.481 e. The molecular weight excluding hydrogens is 208 g/mol. The van der Waals surface area contributed by atoms with E-state index >= 15 is 0 Å². The van der Waals surface area contributed by atoms with Crippen molar-refractivity contribution >= 4 is 12.0 Å². The molecule has 0 saturated carbocycles. The van der Waals surface area contributed by atoms with E-state index < -0.39 is 5.97 Å². The van der Waals surface area contributed by atoms with Gasteiger partial charge < -0.3 is 14.9 Å². The third kappa shape index (κ3) is 5.00. The van der Waals surface area contributed by atoms with Crippen LogP contribution in [0.25, 0.3) is 0 Å². The number of carbonyl (C=O) groups is 2. The zero-order valence-corrected chi connectivity index (χ0v) is 10.6. The summed E-state index contributed by atoms with van der Waals surface area (Å²) >= 11 is 0. The summed E-state index contributed by atoms with van der Waals surface area (Å²) in [6.07, 6.45) is 1.50. The monoisotopic (exact) mass is 230 g/mol. The van der Waals surface area contributed by atoms with Crippen LogP contribution in [0.3, 0.4) is 0 Å². The van der Waals surface area contributed by atoms with E-state index in [9.17, 15) is 9.59 Å². The SMILES string of the molecule is CCC(C)N(C)C(=O)N(C)CCCC(=O)O. The maximum absolute atomic E-state index is 11.8. The average molecular weight is 230 g/mol. The Morgan fingerprint density at radius 2 is 1.88 bits per heavy atom. The Kier molecular flexibility index (Phi) is 6.53. The Hall–Kier alpha value is -1.26. The van der Waals surface area contributed by atoms with Crippen LogP contribution in [-0.4, -0.2) is 53.6 Å². The van der Waals surface area contributed by atoms with Crippen LogP contribution in [0.15, 0.2) is 0 Å². The molecule has 0 aliphatic carbocycles. The number of urea groups is 1. The zero-order valence-electron chi connectivity index (χ0n) is 10.6. The molecule has 0 fully saturated rings. The van der Waals surface area contributed by atoms with E-state index in [0.717, 1.165) is 6.42 Å². The molecular formula is C11H22N2O3. The minimum Gasteiger partial charge on any atom is -0.481 e. The van der Waals surface area contributed by atoms with Crippen molar-refractivity contribution in [3.63, 3.8) is 0 Å². The van der Waals surface area contributed by atoms with Crippen molar-refractivity contribution in [1.29, 1.82) is 0 Å². The van der Waals surface area contributed by atoms with Gasteiger partial charge in [0.15, 0.2) is 0 Å². The number of carbonyl (C=O) groups excluding carboxylic acids is 1. The predicted molar refractivity (Wildman–Crippen MR) is 62.4 cm³/mol. The fourth-order valence-electron chi connectivity index (χ4n) is 1.29. The zero-order chi connectivity index (χ0) is 12.7. The summed E-state index contributed by atoms with van der Waals surface area (Å²) in [6.45, 7) is 4.49. The van der Waals surface area contributed by atoms with Crippen molar-refractivity contribution in [2.45, 2.75) is 39.2 Å². The topological polar surface area (TPSA) is 60.9 Å². The van der Waals surface area contributed by atoms with Crippen LogP contribution in [0.4, 0.5) is 4.79 Å². The average Bonchev–Trinajstić information content (AvgIpc) is 2.25. The van der Waals surface area contributed by atoms with Gasteiger partial charge >= 0.3 is 12.0 Å². The van der Waals surface area contributed by atoms with Crippen molar-refractivity contribution in [2.24, 2.45) is 0 Å². The molecule has 1 atom stereocenters. The third-order valence-corrected chi connectivity index (χ3v) is 2.76. The maximum Gasteiger partial charge on any atom is 0.319 e. The number of nitrogens with zero attached hydrogens (tertiary/aromatic N) is 2. The van der Waals surface area contributed by atoms with Crippen LogP contribution in [0.1, 0.15) is 33.1 Å². The third-order valence-electron chi connectivity index (χ3n) is 2.76. The molecule has 5 nitrogen and oxygen atoms in total. The summed E-state index contributed by atoms with van der Waals surface area (Å²) in [5, 5.41) is 8.49. The minimum atomic E-state index is -0.823. The van der Waals surface area contributed by atoms with Gasteiger partial charge in [-0.2, -0.15) is 0 Å². The summed E-state index contributed by atoms with van der Waals surface area (Å²) in [6, 6.07) is 0.147. The Morgan fingerprint density at radius 3 is 2.31 bits per heavy atom. The number of amides is 2. The number of hydrogen-bond acceptors (Lipinski definition) is 2. The van der Waals surface area contributed by atoms with Gasteiger partial charge in [0, 0.05) is 33.1 Å². The molecule has 0 aliphatic rings. The first kappa shape index (κ1) is 14.7. The van der Waals surface area contributed by atoms with Crippen molar-refractivity contribution in [3.05, 3.63) is 0 Å². The van der Waals surface area contributed by atoms with Crippen molar-refractivity contribution in [2.75, 3.05) is 20.6 Å². The van der Waals surface area contributed by atoms with Gasteiger partial charge in [0.25, 0.3) is 0 Å². The van der Waals surface area contributed by atoms with Crippen molar-refractivity contribution in [1.82, 2.24) is 9.80 Å². The van der Waals surface area contributed by atoms with Crippen molar-refractivity contribution in [3.8, 4) is 0 Å². The summed E-state index contributed by atoms with van der Waals surface area (Å²) in [5.41, 5.74) is 0. The van der Waals surface area contributed by atoms with Gasteiger partial charge in [-0.25, -0.2) is 4.79 Å². The van der Waals surface area contributed by atoms with E-state index in [1.807, 2.05) is 13.8 Å². The number of rotatable bonds is 6. The molecule has 1 N–H and O–H groups in total. The van der Waals surface area contributed by atoms with Crippen molar-refractivity contribution < 1.29 is 14.7 Å². The Bertz CT molecular complexity index is 243. The lowest BCUT2D eigenvalue weighted by Gasteiger charge is -2.29. The van der Waals surface area contributed by atoms with Gasteiger partial charge in [-0.3, -0.25) is 4.79 Å². The second-order valence-corrected chi connectivity index (χ2v) is 4.07. The molecule has 0 spiro atoms. The molecule has 0 rings (SSSR count). The highest BCUT2D eigenvalue weighted by Crippen LogP contribution is 2.04. The fraction of sp³-hybridized carbons (Fsp3) is 0.818. The number of aliphatic carboxylic acids is 1. The molecule has 0 bridgehead atoms. The molecule has 5 heteroatoms. The van der Waals surface area contributed by atoms with Gasteiger partial charge in [0.05, 0.1) is 0 Å². The Labute approximate surface area is 97.0 Å². The summed E-state index contributed by atoms with van der Waals surface area (Å²) in [7, 11) is 3.47. The van der Waals surface area contributed by atoms with Gasteiger partial charge in [-0.15, -0.1) is 0 Å². The lowest BCUT2D eigenvalue weighted by atomic mass is 10.2. The van der Waals surface area contributed by atoms with Gasteiger partial charge in [0.2, 0.25) is 0 Å². The molecule has 0 radical (unpaired) electrons. The lowest BCUT2D eigenvalue weighted by molar-refractivity contribution is -0.137. The first-order chi connectivity index (χ1) is 7.40. The van der Waals surface area contributed by atoms with E-state index in [1.165, 1.54) is 0 Å². The molecule has 0 aliphatic heterocycles. The van der Waals surface area contributed by atoms with E-state index in [1.54, 1.807) is 23.9 Å². The molecule has 0 saturated heterocycles. The molecule has 0 aromatic rings. The second-order valence-electron chi connectivity index (χ2n) is 4.07. The van der Waals surface area contributed by atoms with Crippen LogP contribution in [0.2, 0.25) is 0 Å². The molecule has 16 heavy (non-hydrogen) atoms. The smallest absolute Gasteiger partial charge is 0.319 e. The molecule has 1 unspecified atom stereocenters. The van der Waals surface area contributed by atoms with Gasteiger partial charge in [-0.05, 0) is 19.8 Å². The second kappa shape index (κ2) is 7.09. The predicted octanol–water partition coefficient (Wildman–Crippen LogP) is 1.63. The van der Waals surface area contributed by atoms with Crippen LogP contribution < -0.4 is 0 Å². The molecule has 0 aromatic carbocycles.